The van der Waals surface area contributed by atoms with E-state index < -0.39 is 0 Å². The van der Waals surface area contributed by atoms with Crippen molar-refractivity contribution in [3.05, 3.63) is 23.5 Å². The van der Waals surface area contributed by atoms with Crippen LogP contribution in [0.2, 0.25) is 0 Å². The van der Waals surface area contributed by atoms with Crippen LogP contribution in [0.15, 0.2) is 17.9 Å². The fourth-order valence-corrected chi connectivity index (χ4v) is 2.95. The zero-order valence-electron chi connectivity index (χ0n) is 10.8. The van der Waals surface area contributed by atoms with Crippen LogP contribution in [0.4, 0.5) is 16.8 Å². The van der Waals surface area contributed by atoms with Crippen LogP contribution in [0.1, 0.15) is 5.56 Å². The van der Waals surface area contributed by atoms with E-state index in [-0.39, 0.29) is 0 Å². The van der Waals surface area contributed by atoms with Crippen molar-refractivity contribution in [3.63, 3.8) is 0 Å². The van der Waals surface area contributed by atoms with Gasteiger partial charge in [-0.25, -0.2) is 15.0 Å². The molecule has 0 unspecified atom stereocenters. The molecule has 1 aliphatic rings. The summed E-state index contributed by atoms with van der Waals surface area (Å²) in [5.74, 6) is 1.51. The Labute approximate surface area is 115 Å². The molecule has 3 rings (SSSR count). The molecule has 6 nitrogen and oxygen atoms in total. The molecule has 1 aliphatic heterocycles. The van der Waals surface area contributed by atoms with Gasteiger partial charge in [0.05, 0.1) is 0 Å². The van der Waals surface area contributed by atoms with Crippen molar-refractivity contribution in [2.45, 2.75) is 6.92 Å². The monoisotopic (exact) mass is 276 g/mol. The minimum atomic E-state index is 0.562. The topological polar surface area (TPSA) is 71.2 Å². The van der Waals surface area contributed by atoms with Crippen molar-refractivity contribution in [1.29, 1.82) is 0 Å². The maximum absolute atomic E-state index is 5.84. The quantitative estimate of drug-likeness (QED) is 0.887. The molecule has 0 amide bonds. The zero-order chi connectivity index (χ0) is 13.2. The minimum Gasteiger partial charge on any atom is -0.383 e. The minimum absolute atomic E-state index is 0.562. The summed E-state index contributed by atoms with van der Waals surface area (Å²) in [7, 11) is 0. The van der Waals surface area contributed by atoms with Crippen molar-refractivity contribution < 1.29 is 0 Å². The van der Waals surface area contributed by atoms with Crippen molar-refractivity contribution in [2.24, 2.45) is 0 Å². The molecule has 0 radical (unpaired) electrons. The first-order chi connectivity index (χ1) is 9.25. The maximum Gasteiger partial charge on any atom is 0.185 e. The lowest BCUT2D eigenvalue weighted by Gasteiger charge is -2.35. The fraction of sp³-hybridized carbons (Fsp3) is 0.417. The molecule has 3 heterocycles. The maximum atomic E-state index is 5.84. The average Bonchev–Trinajstić information content (AvgIpc) is 2.96. The predicted molar refractivity (Wildman–Crippen MR) is 77.7 cm³/mol. The molecule has 0 aromatic carbocycles. The number of thiazole rings is 1. The second-order valence-corrected chi connectivity index (χ2v) is 5.37. The highest BCUT2D eigenvalue weighted by atomic mass is 32.1. The van der Waals surface area contributed by atoms with Crippen LogP contribution >= 0.6 is 11.3 Å². The smallest absolute Gasteiger partial charge is 0.185 e. The molecule has 19 heavy (non-hydrogen) atoms. The number of anilines is 3. The number of rotatable bonds is 2. The Morgan fingerprint density at radius 2 is 1.84 bits per heavy atom. The first-order valence-corrected chi connectivity index (χ1v) is 7.10. The molecule has 1 saturated heterocycles. The molecular weight excluding hydrogens is 260 g/mol. The van der Waals surface area contributed by atoms with Crippen LogP contribution in [0.5, 0.6) is 0 Å². The Bertz CT molecular complexity index is 547. The summed E-state index contributed by atoms with van der Waals surface area (Å²) < 4.78 is 0. The van der Waals surface area contributed by atoms with Gasteiger partial charge in [-0.05, 0) is 6.92 Å². The molecule has 0 bridgehead atoms. The predicted octanol–water partition coefficient (Wildman–Crippen LogP) is 1.15. The van der Waals surface area contributed by atoms with Crippen molar-refractivity contribution >= 4 is 28.1 Å². The third-order valence-corrected chi connectivity index (χ3v) is 4.20. The highest BCUT2D eigenvalue weighted by Gasteiger charge is 2.21. The summed E-state index contributed by atoms with van der Waals surface area (Å²) in [6.45, 7) is 5.74. The van der Waals surface area contributed by atoms with Gasteiger partial charge in [-0.3, -0.25) is 0 Å². The highest BCUT2D eigenvalue weighted by Crippen LogP contribution is 2.24. The van der Waals surface area contributed by atoms with Gasteiger partial charge < -0.3 is 15.5 Å². The first-order valence-electron chi connectivity index (χ1n) is 6.22. The molecule has 0 atom stereocenters. The van der Waals surface area contributed by atoms with Gasteiger partial charge in [-0.2, -0.15) is 0 Å². The van der Waals surface area contributed by atoms with Crippen LogP contribution in [-0.2, 0) is 0 Å². The highest BCUT2D eigenvalue weighted by molar-refractivity contribution is 7.13. The van der Waals surface area contributed by atoms with Gasteiger partial charge >= 0.3 is 0 Å². The van der Waals surface area contributed by atoms with Crippen LogP contribution in [-0.4, -0.2) is 41.1 Å². The van der Waals surface area contributed by atoms with Crippen molar-refractivity contribution in [2.75, 3.05) is 41.7 Å². The molecule has 100 valence electrons. The number of nitrogens with zero attached hydrogens (tertiary/aromatic N) is 5. The van der Waals surface area contributed by atoms with E-state index in [1.54, 1.807) is 11.3 Å². The summed E-state index contributed by atoms with van der Waals surface area (Å²) in [5.41, 5.74) is 6.80. The van der Waals surface area contributed by atoms with Gasteiger partial charge in [0.15, 0.2) is 5.13 Å². The number of nitrogens with two attached hydrogens (primary N) is 1. The second kappa shape index (κ2) is 5.00. The summed E-state index contributed by atoms with van der Waals surface area (Å²) in [4.78, 5) is 17.3. The number of hydrogen-bond donors (Lipinski definition) is 1. The van der Waals surface area contributed by atoms with E-state index in [1.165, 1.54) is 6.33 Å². The van der Waals surface area contributed by atoms with Gasteiger partial charge in [-0.15, -0.1) is 11.3 Å². The Kier molecular flexibility index (Phi) is 3.20. The second-order valence-electron chi connectivity index (χ2n) is 4.50. The van der Waals surface area contributed by atoms with E-state index in [9.17, 15) is 0 Å². The molecule has 2 N–H and O–H groups in total. The number of hydrogen-bond acceptors (Lipinski definition) is 7. The first kappa shape index (κ1) is 12.2. The van der Waals surface area contributed by atoms with Crippen LogP contribution in [0.3, 0.4) is 0 Å². The van der Waals surface area contributed by atoms with Crippen LogP contribution in [0, 0.1) is 6.92 Å². The third kappa shape index (κ3) is 2.33. The normalized spacial score (nSPS) is 15.8. The number of nitrogen functional groups attached to an aromatic ring is 1. The Morgan fingerprint density at radius 3 is 2.53 bits per heavy atom. The number of aromatic nitrogens is 3. The van der Waals surface area contributed by atoms with Crippen molar-refractivity contribution in [1.82, 2.24) is 15.0 Å². The summed E-state index contributed by atoms with van der Waals surface area (Å²) in [6.07, 6.45) is 3.38. The lowest BCUT2D eigenvalue weighted by molar-refractivity contribution is 0.644. The largest absolute Gasteiger partial charge is 0.383 e. The van der Waals surface area contributed by atoms with Crippen LogP contribution in [0.25, 0.3) is 0 Å². The lowest BCUT2D eigenvalue weighted by atomic mass is 10.2. The Hall–Kier alpha value is -1.89. The van der Waals surface area contributed by atoms with Crippen molar-refractivity contribution in [3.8, 4) is 0 Å². The molecule has 0 saturated carbocycles. The van der Waals surface area contributed by atoms with E-state index in [0.717, 1.165) is 42.7 Å². The van der Waals surface area contributed by atoms with Gasteiger partial charge in [-0.1, -0.05) is 0 Å². The Balaban J connectivity index is 1.72. The standard InChI is InChI=1S/C12H16N6S/c1-9-10(13)15-8-16-11(9)17-3-5-18(6-4-17)12-14-2-7-19-12/h2,7-8H,3-6H2,1H3,(H2,13,15,16). The molecule has 0 spiro atoms. The van der Waals surface area contributed by atoms with Gasteiger partial charge in [0.1, 0.15) is 18.0 Å². The lowest BCUT2D eigenvalue weighted by Crippen LogP contribution is -2.47. The van der Waals surface area contributed by atoms with Gasteiger partial charge in [0.2, 0.25) is 0 Å². The SMILES string of the molecule is Cc1c(N)ncnc1N1CCN(c2nccs2)CC1. The summed E-state index contributed by atoms with van der Waals surface area (Å²) in [5, 5.41) is 3.11. The Morgan fingerprint density at radius 1 is 1.11 bits per heavy atom. The van der Waals surface area contributed by atoms with E-state index in [1.807, 2.05) is 18.5 Å². The number of piperazine rings is 1. The van der Waals surface area contributed by atoms with Gasteiger partial charge in [0.25, 0.3) is 0 Å². The molecule has 2 aromatic heterocycles. The van der Waals surface area contributed by atoms with Crippen LogP contribution < -0.4 is 15.5 Å². The third-order valence-electron chi connectivity index (χ3n) is 3.37. The van der Waals surface area contributed by atoms with E-state index in [4.69, 9.17) is 5.73 Å². The molecular formula is C12H16N6S. The van der Waals surface area contributed by atoms with E-state index in [2.05, 4.69) is 24.8 Å². The zero-order valence-corrected chi connectivity index (χ0v) is 11.6. The molecule has 2 aromatic rings. The van der Waals surface area contributed by atoms with E-state index in [0.29, 0.717) is 5.82 Å². The van der Waals surface area contributed by atoms with Gasteiger partial charge in [0, 0.05) is 43.3 Å². The molecule has 7 heteroatoms. The molecule has 0 aliphatic carbocycles. The molecule has 1 fully saturated rings. The summed E-state index contributed by atoms with van der Waals surface area (Å²) >= 11 is 1.68. The summed E-state index contributed by atoms with van der Waals surface area (Å²) in [6, 6.07) is 0. The fourth-order valence-electron chi connectivity index (χ4n) is 2.25. The average molecular weight is 276 g/mol. The van der Waals surface area contributed by atoms with E-state index >= 15 is 0 Å².